The summed E-state index contributed by atoms with van der Waals surface area (Å²) in [5.74, 6) is 0.878. The Hall–Kier alpha value is -1.66. The van der Waals surface area contributed by atoms with E-state index in [9.17, 15) is 4.79 Å². The molecule has 0 unspecified atom stereocenters. The molecule has 1 aromatic rings. The van der Waals surface area contributed by atoms with E-state index in [1.165, 1.54) is 0 Å². The lowest BCUT2D eigenvalue weighted by molar-refractivity contribution is 0.0965. The number of hydrogen-bond donors (Lipinski definition) is 2. The molecule has 108 valence electrons. The van der Waals surface area contributed by atoms with Crippen LogP contribution in [-0.4, -0.2) is 43.7 Å². The van der Waals surface area contributed by atoms with Crippen molar-refractivity contribution in [2.45, 2.75) is 26.1 Å². The number of fused-ring (bicyclic) bond motifs is 1. The van der Waals surface area contributed by atoms with E-state index in [1.54, 1.807) is 0 Å². The number of nitrogens with one attached hydrogen (secondary N) is 2. The summed E-state index contributed by atoms with van der Waals surface area (Å²) in [5.41, 5.74) is 2.74. The second-order valence-corrected chi connectivity index (χ2v) is 5.28. The Morgan fingerprint density at radius 1 is 1.60 bits per heavy atom. The van der Waals surface area contributed by atoms with E-state index in [2.05, 4.69) is 22.5 Å². The fourth-order valence-electron chi connectivity index (χ4n) is 2.80. The van der Waals surface area contributed by atoms with Gasteiger partial charge in [-0.15, -0.1) is 0 Å². The van der Waals surface area contributed by atoms with E-state index in [0.29, 0.717) is 26.3 Å². The third-order valence-corrected chi connectivity index (χ3v) is 3.87. The van der Waals surface area contributed by atoms with Crippen molar-refractivity contribution in [3.05, 3.63) is 22.9 Å². The molecule has 0 bridgehead atoms. The number of morpholine rings is 1. The summed E-state index contributed by atoms with van der Waals surface area (Å²) in [6, 6.07) is 2.19. The molecule has 2 N–H and O–H groups in total. The monoisotopic (exact) mass is 276 g/mol. The molecule has 1 fully saturated rings. The molecule has 0 aromatic carbocycles. The van der Waals surface area contributed by atoms with Crippen LogP contribution in [0.5, 0.6) is 0 Å². The number of amides is 1. The Labute approximate surface area is 118 Å². The van der Waals surface area contributed by atoms with E-state index in [1.807, 2.05) is 13.1 Å². The second-order valence-electron chi connectivity index (χ2n) is 5.28. The molecule has 2 aliphatic rings. The molecule has 0 radical (unpaired) electrons. The molecule has 3 rings (SSSR count). The van der Waals surface area contributed by atoms with E-state index >= 15 is 0 Å². The van der Waals surface area contributed by atoms with Gasteiger partial charge in [0, 0.05) is 30.8 Å². The number of carbonyl (C=O) groups is 1. The Kier molecular flexibility index (Phi) is 3.58. The summed E-state index contributed by atoms with van der Waals surface area (Å²) in [7, 11) is 1.89. The van der Waals surface area contributed by atoms with Crippen LogP contribution < -0.4 is 15.5 Å². The number of aromatic nitrogens is 1. The first-order valence-electron chi connectivity index (χ1n) is 7.00. The lowest BCUT2D eigenvalue weighted by Gasteiger charge is -2.34. The van der Waals surface area contributed by atoms with Crippen molar-refractivity contribution in [1.29, 1.82) is 0 Å². The number of carbonyl (C=O) groups excluding carboxylic acids is 1. The quantitative estimate of drug-likeness (QED) is 0.829. The molecule has 6 nitrogen and oxygen atoms in total. The van der Waals surface area contributed by atoms with Crippen LogP contribution in [0, 0.1) is 0 Å². The molecule has 20 heavy (non-hydrogen) atoms. The third-order valence-electron chi connectivity index (χ3n) is 3.87. The van der Waals surface area contributed by atoms with Crippen LogP contribution in [-0.2, 0) is 17.8 Å². The summed E-state index contributed by atoms with van der Waals surface area (Å²) in [6.07, 6.45) is 0. The summed E-state index contributed by atoms with van der Waals surface area (Å²) >= 11 is 0. The largest absolute Gasteiger partial charge is 0.377 e. The topological polar surface area (TPSA) is 66.5 Å². The van der Waals surface area contributed by atoms with Crippen LogP contribution in [0.3, 0.4) is 0 Å². The lowest BCUT2D eigenvalue weighted by Crippen LogP contribution is -2.44. The number of ether oxygens (including phenoxy) is 1. The molecule has 0 spiro atoms. The maximum Gasteiger partial charge on any atom is 0.252 e. The minimum Gasteiger partial charge on any atom is -0.377 e. The maximum absolute atomic E-state index is 11.9. The van der Waals surface area contributed by atoms with Gasteiger partial charge in [0.25, 0.3) is 5.91 Å². The van der Waals surface area contributed by atoms with Gasteiger partial charge in [-0.25, -0.2) is 4.98 Å². The number of hydrogen-bond acceptors (Lipinski definition) is 5. The second kappa shape index (κ2) is 5.38. The summed E-state index contributed by atoms with van der Waals surface area (Å²) in [6.45, 7) is 5.59. The minimum atomic E-state index is 0.00177. The zero-order valence-electron chi connectivity index (χ0n) is 11.9. The van der Waals surface area contributed by atoms with E-state index in [4.69, 9.17) is 9.72 Å². The molecule has 0 saturated carbocycles. The van der Waals surface area contributed by atoms with Gasteiger partial charge >= 0.3 is 0 Å². The highest BCUT2D eigenvalue weighted by Gasteiger charge is 2.27. The fraction of sp³-hybridized carbons (Fsp3) is 0.571. The predicted octanol–water partition coefficient (Wildman–Crippen LogP) is 0.270. The van der Waals surface area contributed by atoms with Crippen molar-refractivity contribution in [2.75, 3.05) is 31.7 Å². The first-order chi connectivity index (χ1) is 9.70. The summed E-state index contributed by atoms with van der Waals surface area (Å²) in [4.78, 5) is 18.9. The Balaban J connectivity index is 2.01. The van der Waals surface area contributed by atoms with E-state index in [0.717, 1.165) is 29.2 Å². The maximum atomic E-state index is 11.9. The highest BCUT2D eigenvalue weighted by atomic mass is 16.5. The molecule has 2 aliphatic heterocycles. The molecule has 3 heterocycles. The molecule has 1 amide bonds. The fourth-order valence-corrected chi connectivity index (χ4v) is 2.80. The van der Waals surface area contributed by atoms with Gasteiger partial charge in [-0.3, -0.25) is 4.79 Å². The number of pyridine rings is 1. The molecule has 1 atom stereocenters. The number of nitrogens with zero attached hydrogens (tertiary/aromatic N) is 2. The smallest absolute Gasteiger partial charge is 0.252 e. The average Bonchev–Trinajstić information content (AvgIpc) is 2.82. The summed E-state index contributed by atoms with van der Waals surface area (Å²) < 4.78 is 5.46. The molecule has 1 aromatic heterocycles. The first kappa shape index (κ1) is 13.3. The molecular formula is C14H20N4O2. The van der Waals surface area contributed by atoms with Gasteiger partial charge < -0.3 is 20.3 Å². The van der Waals surface area contributed by atoms with Crippen molar-refractivity contribution < 1.29 is 9.53 Å². The highest BCUT2D eigenvalue weighted by Crippen LogP contribution is 2.26. The molecular weight excluding hydrogens is 256 g/mol. The van der Waals surface area contributed by atoms with Gasteiger partial charge in [0.1, 0.15) is 5.82 Å². The Morgan fingerprint density at radius 2 is 2.45 bits per heavy atom. The van der Waals surface area contributed by atoms with Crippen molar-refractivity contribution in [2.24, 2.45) is 0 Å². The van der Waals surface area contributed by atoms with Gasteiger partial charge in [-0.2, -0.15) is 0 Å². The van der Waals surface area contributed by atoms with Crippen LogP contribution in [0.15, 0.2) is 6.07 Å². The zero-order valence-corrected chi connectivity index (χ0v) is 11.9. The van der Waals surface area contributed by atoms with Gasteiger partial charge in [0.2, 0.25) is 0 Å². The lowest BCUT2D eigenvalue weighted by atomic mass is 10.1. The van der Waals surface area contributed by atoms with Crippen molar-refractivity contribution >= 4 is 11.7 Å². The zero-order chi connectivity index (χ0) is 14.1. The Bertz CT molecular complexity index is 532. The van der Waals surface area contributed by atoms with Gasteiger partial charge in [0.05, 0.1) is 24.9 Å². The molecule has 1 saturated heterocycles. The minimum absolute atomic E-state index is 0.00177. The van der Waals surface area contributed by atoms with Crippen molar-refractivity contribution in [3.63, 3.8) is 0 Å². The van der Waals surface area contributed by atoms with Crippen molar-refractivity contribution in [1.82, 2.24) is 15.6 Å². The van der Waals surface area contributed by atoms with E-state index in [-0.39, 0.29) is 11.9 Å². The average molecular weight is 276 g/mol. The Morgan fingerprint density at radius 3 is 3.20 bits per heavy atom. The van der Waals surface area contributed by atoms with Crippen LogP contribution in [0.4, 0.5) is 5.82 Å². The van der Waals surface area contributed by atoms with Crippen LogP contribution in [0.1, 0.15) is 28.5 Å². The third kappa shape index (κ3) is 2.25. The molecule has 6 heteroatoms. The predicted molar refractivity (Wildman–Crippen MR) is 75.8 cm³/mol. The number of rotatable bonds is 3. The first-order valence-corrected chi connectivity index (χ1v) is 7.00. The number of anilines is 1. The van der Waals surface area contributed by atoms with Gasteiger partial charge in [0.15, 0.2) is 0 Å². The highest BCUT2D eigenvalue weighted by molar-refractivity contribution is 5.99. The summed E-state index contributed by atoms with van der Waals surface area (Å²) in [5, 5.41) is 6.00. The van der Waals surface area contributed by atoms with Gasteiger partial charge in [-0.05, 0) is 20.0 Å². The van der Waals surface area contributed by atoms with E-state index < -0.39 is 0 Å². The van der Waals surface area contributed by atoms with Crippen molar-refractivity contribution in [3.8, 4) is 0 Å². The SMILES string of the molecule is CNCc1nc(N2CCOC[C@H]2C)cc2c1CNC2=O. The van der Waals surface area contributed by atoms with Gasteiger partial charge in [-0.1, -0.05) is 0 Å². The van der Waals surface area contributed by atoms with Crippen LogP contribution in [0.25, 0.3) is 0 Å². The standard InChI is InChI=1S/C14H20N4O2/c1-9-8-20-4-3-18(9)13-5-10-11(6-16-14(10)19)12(17-13)7-15-2/h5,9,15H,3-4,6-8H2,1-2H3,(H,16,19)/t9-/m1/s1. The van der Waals surface area contributed by atoms with Crippen LogP contribution in [0.2, 0.25) is 0 Å². The molecule has 0 aliphatic carbocycles. The normalized spacial score (nSPS) is 21.8. The van der Waals surface area contributed by atoms with Crippen LogP contribution >= 0.6 is 0 Å².